The lowest BCUT2D eigenvalue weighted by Gasteiger charge is -2.18. The highest BCUT2D eigenvalue weighted by Gasteiger charge is 2.30. The van der Waals surface area contributed by atoms with E-state index in [9.17, 15) is 9.59 Å². The molecule has 1 aliphatic heterocycles. The van der Waals surface area contributed by atoms with Gasteiger partial charge in [0.15, 0.2) is 0 Å². The lowest BCUT2D eigenvalue weighted by molar-refractivity contribution is -0.141. The number of carboxylic acids is 1. The first kappa shape index (κ1) is 14.2. The molecule has 0 bridgehead atoms. The molecular formula is C14H18N2O4. The molecule has 1 aromatic carbocycles. The van der Waals surface area contributed by atoms with Gasteiger partial charge in [0.2, 0.25) is 0 Å². The van der Waals surface area contributed by atoms with Crippen molar-refractivity contribution >= 4 is 17.7 Å². The number of ether oxygens (including phenoxy) is 1. The predicted octanol–water partition coefficient (Wildman–Crippen LogP) is 1.94. The minimum Gasteiger partial charge on any atom is -0.497 e. The molecule has 0 radical (unpaired) electrons. The number of anilines is 1. The van der Waals surface area contributed by atoms with E-state index in [2.05, 4.69) is 5.32 Å². The molecule has 1 fully saturated rings. The molecule has 0 saturated carbocycles. The van der Waals surface area contributed by atoms with Crippen molar-refractivity contribution in [3.63, 3.8) is 0 Å². The fourth-order valence-corrected chi connectivity index (χ4v) is 2.24. The maximum Gasteiger partial charge on any atom is 0.321 e. The van der Waals surface area contributed by atoms with Crippen LogP contribution < -0.4 is 10.1 Å². The molecule has 1 unspecified atom stereocenters. The smallest absolute Gasteiger partial charge is 0.321 e. The second kappa shape index (κ2) is 5.81. The number of aliphatic carboxylic acids is 1. The molecule has 2 rings (SSSR count). The highest BCUT2D eigenvalue weighted by molar-refractivity contribution is 5.91. The van der Waals surface area contributed by atoms with Gasteiger partial charge in [-0.15, -0.1) is 0 Å². The standard InChI is InChI=1S/C14H18N2O4/c1-9-7-11(20-2)3-4-12(9)15-14(19)16-6-5-10(8-16)13(17)18/h3-4,7,10H,5-6,8H2,1-2H3,(H,15,19)(H,17,18). The predicted molar refractivity (Wildman–Crippen MR) is 74.1 cm³/mol. The molecule has 0 aromatic heterocycles. The SMILES string of the molecule is COc1ccc(NC(=O)N2CCC(C(=O)O)C2)c(C)c1. The van der Waals surface area contributed by atoms with Gasteiger partial charge in [0.1, 0.15) is 5.75 Å². The molecule has 6 heteroatoms. The number of nitrogens with zero attached hydrogens (tertiary/aromatic N) is 1. The third kappa shape index (κ3) is 3.01. The summed E-state index contributed by atoms with van der Waals surface area (Å²) in [6.45, 7) is 2.61. The Labute approximate surface area is 117 Å². The largest absolute Gasteiger partial charge is 0.497 e. The van der Waals surface area contributed by atoms with Gasteiger partial charge in [-0.25, -0.2) is 4.79 Å². The number of carboxylic acid groups (broad SMARTS) is 1. The van der Waals surface area contributed by atoms with Crippen LogP contribution in [0.5, 0.6) is 5.75 Å². The Balaban J connectivity index is 2.00. The second-order valence-corrected chi connectivity index (χ2v) is 4.88. The van der Waals surface area contributed by atoms with Crippen molar-refractivity contribution in [1.29, 1.82) is 0 Å². The first-order chi connectivity index (χ1) is 9.51. The number of aryl methyl sites for hydroxylation is 1. The van der Waals surface area contributed by atoms with E-state index >= 15 is 0 Å². The summed E-state index contributed by atoms with van der Waals surface area (Å²) in [5.74, 6) is -0.578. The molecule has 1 heterocycles. The zero-order valence-electron chi connectivity index (χ0n) is 11.5. The van der Waals surface area contributed by atoms with Gasteiger partial charge in [-0.05, 0) is 37.1 Å². The summed E-state index contributed by atoms with van der Waals surface area (Å²) < 4.78 is 5.11. The number of hydrogen-bond acceptors (Lipinski definition) is 3. The van der Waals surface area contributed by atoms with Gasteiger partial charge in [-0.1, -0.05) is 0 Å². The molecule has 1 aromatic rings. The van der Waals surface area contributed by atoms with E-state index in [4.69, 9.17) is 9.84 Å². The van der Waals surface area contributed by atoms with Crippen LogP contribution in [0.1, 0.15) is 12.0 Å². The van der Waals surface area contributed by atoms with E-state index in [1.165, 1.54) is 4.90 Å². The molecule has 108 valence electrons. The minimum atomic E-state index is -0.846. The number of amides is 2. The van der Waals surface area contributed by atoms with Crippen molar-refractivity contribution in [3.05, 3.63) is 23.8 Å². The highest BCUT2D eigenvalue weighted by Crippen LogP contribution is 2.23. The van der Waals surface area contributed by atoms with Gasteiger partial charge in [-0.2, -0.15) is 0 Å². The normalized spacial score (nSPS) is 17.9. The van der Waals surface area contributed by atoms with Crippen LogP contribution in [0.3, 0.4) is 0 Å². The van der Waals surface area contributed by atoms with Crippen LogP contribution in [0, 0.1) is 12.8 Å². The fraction of sp³-hybridized carbons (Fsp3) is 0.429. The summed E-state index contributed by atoms with van der Waals surface area (Å²) in [4.78, 5) is 24.5. The van der Waals surface area contributed by atoms with Crippen molar-refractivity contribution in [1.82, 2.24) is 4.90 Å². The van der Waals surface area contributed by atoms with E-state index in [1.54, 1.807) is 19.2 Å². The maximum absolute atomic E-state index is 12.1. The number of benzene rings is 1. The van der Waals surface area contributed by atoms with Gasteiger partial charge in [0.25, 0.3) is 0 Å². The van der Waals surface area contributed by atoms with Crippen molar-refractivity contribution in [3.8, 4) is 5.75 Å². The molecule has 0 aliphatic carbocycles. The van der Waals surface area contributed by atoms with Crippen molar-refractivity contribution in [2.75, 3.05) is 25.5 Å². The van der Waals surface area contributed by atoms with Gasteiger partial charge < -0.3 is 20.1 Å². The van der Waals surface area contributed by atoms with E-state index in [1.807, 2.05) is 13.0 Å². The minimum absolute atomic E-state index is 0.260. The molecule has 0 spiro atoms. The number of hydrogen-bond donors (Lipinski definition) is 2. The number of rotatable bonds is 3. The van der Waals surface area contributed by atoms with E-state index < -0.39 is 11.9 Å². The lowest BCUT2D eigenvalue weighted by Crippen LogP contribution is -2.34. The van der Waals surface area contributed by atoms with E-state index in [-0.39, 0.29) is 12.6 Å². The van der Waals surface area contributed by atoms with Gasteiger partial charge >= 0.3 is 12.0 Å². The number of likely N-dealkylation sites (tertiary alicyclic amines) is 1. The summed E-state index contributed by atoms with van der Waals surface area (Å²) >= 11 is 0. The number of methoxy groups -OCH3 is 1. The lowest BCUT2D eigenvalue weighted by atomic mass is 10.1. The van der Waals surface area contributed by atoms with Crippen molar-refractivity contribution in [2.24, 2.45) is 5.92 Å². The Morgan fingerprint density at radius 1 is 1.45 bits per heavy atom. The molecule has 1 aliphatic rings. The Morgan fingerprint density at radius 3 is 2.75 bits per heavy atom. The number of urea groups is 1. The van der Waals surface area contributed by atoms with Crippen LogP contribution in [0.25, 0.3) is 0 Å². The summed E-state index contributed by atoms with van der Waals surface area (Å²) in [6, 6.07) is 5.12. The number of carbonyl (C=O) groups is 2. The van der Waals surface area contributed by atoms with Crippen molar-refractivity contribution in [2.45, 2.75) is 13.3 Å². The molecule has 1 atom stereocenters. The van der Waals surface area contributed by atoms with Gasteiger partial charge in [-0.3, -0.25) is 4.79 Å². The Morgan fingerprint density at radius 2 is 2.20 bits per heavy atom. The zero-order chi connectivity index (χ0) is 14.7. The number of nitrogens with one attached hydrogen (secondary N) is 1. The van der Waals surface area contributed by atoms with Crippen LogP contribution in [0.2, 0.25) is 0 Å². The second-order valence-electron chi connectivity index (χ2n) is 4.88. The van der Waals surface area contributed by atoms with Crippen LogP contribution in [-0.2, 0) is 4.79 Å². The Bertz CT molecular complexity index is 530. The highest BCUT2D eigenvalue weighted by atomic mass is 16.5. The summed E-state index contributed by atoms with van der Waals surface area (Å²) in [5, 5.41) is 11.7. The van der Waals surface area contributed by atoms with E-state index in [0.29, 0.717) is 18.7 Å². The first-order valence-electron chi connectivity index (χ1n) is 6.44. The fourth-order valence-electron chi connectivity index (χ4n) is 2.24. The molecule has 2 N–H and O–H groups in total. The molecule has 20 heavy (non-hydrogen) atoms. The van der Waals surface area contributed by atoms with Crippen LogP contribution >= 0.6 is 0 Å². The van der Waals surface area contributed by atoms with Crippen LogP contribution in [-0.4, -0.2) is 42.2 Å². The summed E-state index contributed by atoms with van der Waals surface area (Å²) in [6.07, 6.45) is 0.504. The summed E-state index contributed by atoms with van der Waals surface area (Å²) in [5.41, 5.74) is 1.60. The maximum atomic E-state index is 12.1. The van der Waals surface area contributed by atoms with Crippen molar-refractivity contribution < 1.29 is 19.4 Å². The van der Waals surface area contributed by atoms with Crippen LogP contribution in [0.4, 0.5) is 10.5 Å². The summed E-state index contributed by atoms with van der Waals surface area (Å²) in [7, 11) is 1.59. The quantitative estimate of drug-likeness (QED) is 0.885. The molecule has 2 amide bonds. The Kier molecular flexibility index (Phi) is 4.12. The number of carbonyl (C=O) groups excluding carboxylic acids is 1. The molecule has 6 nitrogen and oxygen atoms in total. The molecule has 1 saturated heterocycles. The Hall–Kier alpha value is -2.24. The monoisotopic (exact) mass is 278 g/mol. The van der Waals surface area contributed by atoms with E-state index in [0.717, 1.165) is 11.3 Å². The zero-order valence-corrected chi connectivity index (χ0v) is 11.5. The average Bonchev–Trinajstić information content (AvgIpc) is 2.91. The third-order valence-corrected chi connectivity index (χ3v) is 3.50. The van der Waals surface area contributed by atoms with Gasteiger partial charge in [0, 0.05) is 18.8 Å². The first-order valence-corrected chi connectivity index (χ1v) is 6.44. The molecular weight excluding hydrogens is 260 g/mol. The van der Waals surface area contributed by atoms with Crippen LogP contribution in [0.15, 0.2) is 18.2 Å². The average molecular weight is 278 g/mol. The third-order valence-electron chi connectivity index (χ3n) is 3.50. The van der Waals surface area contributed by atoms with Gasteiger partial charge in [0.05, 0.1) is 13.0 Å². The topological polar surface area (TPSA) is 78.9 Å².